The van der Waals surface area contributed by atoms with Crippen LogP contribution < -0.4 is 0 Å². The molecule has 0 aromatic heterocycles. The van der Waals surface area contributed by atoms with Gasteiger partial charge in [0.05, 0.1) is 0 Å². The van der Waals surface area contributed by atoms with Crippen molar-refractivity contribution in [3.63, 3.8) is 0 Å². The third-order valence-corrected chi connectivity index (χ3v) is 4.62. The zero-order chi connectivity index (χ0) is 13.8. The molecule has 1 aliphatic rings. The summed E-state index contributed by atoms with van der Waals surface area (Å²) in [6.45, 7) is 2.25. The van der Waals surface area contributed by atoms with Crippen LogP contribution in [0, 0.1) is 5.92 Å². The quantitative estimate of drug-likeness (QED) is 0.416. The molecule has 0 aromatic rings. The Bertz CT molecular complexity index is 216. The van der Waals surface area contributed by atoms with E-state index >= 15 is 0 Å². The molecule has 0 atom stereocenters. The van der Waals surface area contributed by atoms with Gasteiger partial charge < -0.3 is 0 Å². The number of rotatable bonds is 11. The summed E-state index contributed by atoms with van der Waals surface area (Å²) in [5.41, 5.74) is 0. The fraction of sp³-hybridized carbons (Fsp3) is 0.944. The second-order valence-corrected chi connectivity index (χ2v) is 6.45. The smallest absolute Gasteiger partial charge is 0.132 e. The molecule has 1 heteroatoms. The Morgan fingerprint density at radius 2 is 1.47 bits per heavy atom. The summed E-state index contributed by atoms with van der Waals surface area (Å²) in [6, 6.07) is 0. The zero-order valence-corrected chi connectivity index (χ0v) is 13.1. The molecule has 1 saturated carbocycles. The summed E-state index contributed by atoms with van der Waals surface area (Å²) in [7, 11) is 0. The maximum atomic E-state index is 11.8. The molecule has 19 heavy (non-hydrogen) atoms. The third kappa shape index (κ3) is 9.24. The van der Waals surface area contributed by atoms with E-state index < -0.39 is 0 Å². The van der Waals surface area contributed by atoms with E-state index in [4.69, 9.17) is 0 Å². The van der Waals surface area contributed by atoms with Gasteiger partial charge in [0.15, 0.2) is 0 Å². The Labute approximate surface area is 120 Å². The Hall–Kier alpha value is -0.330. The van der Waals surface area contributed by atoms with Crippen LogP contribution in [0.5, 0.6) is 0 Å². The molecular weight excluding hydrogens is 232 g/mol. The second-order valence-electron chi connectivity index (χ2n) is 6.45. The average molecular weight is 266 g/mol. The molecule has 112 valence electrons. The van der Waals surface area contributed by atoms with Crippen LogP contribution >= 0.6 is 0 Å². The first-order chi connectivity index (χ1) is 9.33. The predicted molar refractivity (Wildman–Crippen MR) is 83.4 cm³/mol. The van der Waals surface area contributed by atoms with Crippen LogP contribution in [0.4, 0.5) is 0 Å². The second kappa shape index (κ2) is 11.5. The lowest BCUT2D eigenvalue weighted by molar-refractivity contribution is -0.119. The first-order valence-electron chi connectivity index (χ1n) is 8.84. The largest absolute Gasteiger partial charge is 0.300 e. The Balaban J connectivity index is 1.87. The zero-order valence-electron chi connectivity index (χ0n) is 13.1. The minimum Gasteiger partial charge on any atom is -0.300 e. The first kappa shape index (κ1) is 16.7. The molecule has 0 spiro atoms. The molecule has 1 rings (SSSR count). The number of ketones is 1. The predicted octanol–water partition coefficient (Wildman–Crippen LogP) is 6.06. The van der Waals surface area contributed by atoms with Crippen molar-refractivity contribution in [2.45, 2.75) is 103 Å². The van der Waals surface area contributed by atoms with Gasteiger partial charge in [-0.3, -0.25) is 4.79 Å². The Morgan fingerprint density at radius 1 is 0.842 bits per heavy atom. The highest BCUT2D eigenvalue weighted by atomic mass is 16.1. The number of hydrogen-bond acceptors (Lipinski definition) is 1. The summed E-state index contributed by atoms with van der Waals surface area (Å²) >= 11 is 0. The lowest BCUT2D eigenvalue weighted by atomic mass is 9.85. The maximum absolute atomic E-state index is 11.8. The van der Waals surface area contributed by atoms with Gasteiger partial charge >= 0.3 is 0 Å². The van der Waals surface area contributed by atoms with E-state index in [1.807, 2.05) is 0 Å². The van der Waals surface area contributed by atoms with E-state index in [0.29, 0.717) is 5.78 Å². The molecule has 0 saturated heterocycles. The minimum atomic E-state index is 0.527. The fourth-order valence-electron chi connectivity index (χ4n) is 3.25. The first-order valence-corrected chi connectivity index (χ1v) is 8.84. The van der Waals surface area contributed by atoms with Crippen molar-refractivity contribution >= 4 is 5.78 Å². The van der Waals surface area contributed by atoms with Gasteiger partial charge in [0.2, 0.25) is 0 Å². The van der Waals surface area contributed by atoms with E-state index in [-0.39, 0.29) is 0 Å². The summed E-state index contributed by atoms with van der Waals surface area (Å²) in [5.74, 6) is 1.39. The standard InChI is InChI=1S/C18H34O/c1-2-3-4-5-6-7-11-14-18(19)16-15-17-12-9-8-10-13-17/h17H,2-16H2,1H3. The molecule has 0 amide bonds. The van der Waals surface area contributed by atoms with Crippen molar-refractivity contribution in [2.24, 2.45) is 5.92 Å². The van der Waals surface area contributed by atoms with Gasteiger partial charge in [-0.2, -0.15) is 0 Å². The van der Waals surface area contributed by atoms with Gasteiger partial charge in [0.25, 0.3) is 0 Å². The summed E-state index contributed by atoms with van der Waals surface area (Å²) in [6.07, 6.45) is 19.0. The highest BCUT2D eigenvalue weighted by Gasteiger charge is 2.14. The summed E-state index contributed by atoms with van der Waals surface area (Å²) in [5, 5.41) is 0. The van der Waals surface area contributed by atoms with Gasteiger partial charge in [-0.15, -0.1) is 0 Å². The third-order valence-electron chi connectivity index (χ3n) is 4.62. The van der Waals surface area contributed by atoms with Crippen LogP contribution in [0.15, 0.2) is 0 Å². The van der Waals surface area contributed by atoms with Crippen molar-refractivity contribution in [2.75, 3.05) is 0 Å². The van der Waals surface area contributed by atoms with E-state index in [1.54, 1.807) is 0 Å². The van der Waals surface area contributed by atoms with E-state index in [1.165, 1.54) is 77.0 Å². The molecule has 1 fully saturated rings. The number of Topliss-reactive ketones (excluding diaryl/α,β-unsaturated/α-hetero) is 1. The molecule has 0 aliphatic heterocycles. The van der Waals surface area contributed by atoms with Crippen LogP contribution in [0.3, 0.4) is 0 Å². The molecule has 0 unspecified atom stereocenters. The average Bonchev–Trinajstić information content (AvgIpc) is 2.45. The highest BCUT2D eigenvalue weighted by Crippen LogP contribution is 2.27. The molecule has 0 radical (unpaired) electrons. The molecule has 0 heterocycles. The topological polar surface area (TPSA) is 17.1 Å². The number of unbranched alkanes of at least 4 members (excludes halogenated alkanes) is 6. The van der Waals surface area contributed by atoms with Gasteiger partial charge in [-0.1, -0.05) is 77.6 Å². The van der Waals surface area contributed by atoms with E-state index in [9.17, 15) is 4.79 Å². The monoisotopic (exact) mass is 266 g/mol. The van der Waals surface area contributed by atoms with Crippen molar-refractivity contribution in [3.8, 4) is 0 Å². The number of hydrogen-bond donors (Lipinski definition) is 0. The summed E-state index contributed by atoms with van der Waals surface area (Å²) < 4.78 is 0. The van der Waals surface area contributed by atoms with Crippen LogP contribution in [-0.2, 0) is 4.79 Å². The molecule has 1 nitrogen and oxygen atoms in total. The van der Waals surface area contributed by atoms with Gasteiger partial charge in [-0.25, -0.2) is 0 Å². The van der Waals surface area contributed by atoms with Gasteiger partial charge in [0.1, 0.15) is 5.78 Å². The van der Waals surface area contributed by atoms with Crippen LogP contribution in [0.1, 0.15) is 103 Å². The fourth-order valence-corrected chi connectivity index (χ4v) is 3.25. The number of carbonyl (C=O) groups excluding carboxylic acids is 1. The molecule has 1 aliphatic carbocycles. The van der Waals surface area contributed by atoms with Crippen molar-refractivity contribution < 1.29 is 4.79 Å². The van der Waals surface area contributed by atoms with Crippen LogP contribution in [-0.4, -0.2) is 5.78 Å². The lowest BCUT2D eigenvalue weighted by Gasteiger charge is -2.20. The van der Waals surface area contributed by atoms with Crippen molar-refractivity contribution in [1.29, 1.82) is 0 Å². The van der Waals surface area contributed by atoms with Crippen molar-refractivity contribution in [1.82, 2.24) is 0 Å². The summed E-state index contributed by atoms with van der Waals surface area (Å²) in [4.78, 5) is 11.8. The lowest BCUT2D eigenvalue weighted by Crippen LogP contribution is -2.08. The SMILES string of the molecule is CCCCCCCCCC(=O)CCC1CCCCC1. The maximum Gasteiger partial charge on any atom is 0.132 e. The normalized spacial score (nSPS) is 16.7. The van der Waals surface area contributed by atoms with Crippen LogP contribution in [0.25, 0.3) is 0 Å². The van der Waals surface area contributed by atoms with E-state index in [0.717, 1.165) is 25.2 Å². The number of carbonyl (C=O) groups is 1. The van der Waals surface area contributed by atoms with Gasteiger partial charge in [0, 0.05) is 12.8 Å². The molecule has 0 bridgehead atoms. The van der Waals surface area contributed by atoms with Gasteiger partial charge in [-0.05, 0) is 18.8 Å². The Kier molecular flexibility index (Phi) is 10.1. The molecular formula is C18H34O. The molecule has 0 aromatic carbocycles. The minimum absolute atomic E-state index is 0.527. The van der Waals surface area contributed by atoms with E-state index in [2.05, 4.69) is 6.92 Å². The Morgan fingerprint density at radius 3 is 2.16 bits per heavy atom. The van der Waals surface area contributed by atoms with Crippen LogP contribution in [0.2, 0.25) is 0 Å². The highest BCUT2D eigenvalue weighted by molar-refractivity contribution is 5.78. The molecule has 0 N–H and O–H groups in total. The van der Waals surface area contributed by atoms with Crippen molar-refractivity contribution in [3.05, 3.63) is 0 Å².